The molecule has 0 radical (unpaired) electrons. The van der Waals surface area contributed by atoms with Gasteiger partial charge in [0.25, 0.3) is 5.91 Å². The molecule has 2 fully saturated rings. The number of halogens is 1. The summed E-state index contributed by atoms with van der Waals surface area (Å²) < 4.78 is 1.51. The van der Waals surface area contributed by atoms with Gasteiger partial charge in [-0.2, -0.15) is 0 Å². The van der Waals surface area contributed by atoms with Gasteiger partial charge >= 0.3 is 0 Å². The molecule has 5 N–H and O–H groups in total. The second-order valence-electron chi connectivity index (χ2n) is 13.6. The summed E-state index contributed by atoms with van der Waals surface area (Å²) >= 11 is 6.59. The van der Waals surface area contributed by atoms with E-state index < -0.39 is 11.9 Å². The number of primary amides is 1. The lowest BCUT2D eigenvalue weighted by Crippen LogP contribution is -2.47. The maximum atomic E-state index is 12.2. The van der Waals surface area contributed by atoms with Crippen molar-refractivity contribution in [3.05, 3.63) is 88.8 Å². The van der Waals surface area contributed by atoms with E-state index in [0.717, 1.165) is 86.0 Å². The Balaban J connectivity index is 0.912. The van der Waals surface area contributed by atoms with Crippen LogP contribution in [0.5, 0.6) is 0 Å². The van der Waals surface area contributed by atoms with Gasteiger partial charge in [-0.3, -0.25) is 29.6 Å². The van der Waals surface area contributed by atoms with Crippen molar-refractivity contribution in [3.8, 4) is 11.3 Å². The van der Waals surface area contributed by atoms with Gasteiger partial charge in [0.05, 0.1) is 28.3 Å². The van der Waals surface area contributed by atoms with Gasteiger partial charge in [0.2, 0.25) is 11.8 Å². The Kier molecular flexibility index (Phi) is 9.31. The van der Waals surface area contributed by atoms with Crippen molar-refractivity contribution in [1.29, 1.82) is 0 Å². The largest absolute Gasteiger partial charge is 0.385 e. The molecular formula is C38H40ClN11O3. The fourth-order valence-corrected chi connectivity index (χ4v) is 7.74. The lowest BCUT2D eigenvalue weighted by molar-refractivity contribution is -0.133. The lowest BCUT2D eigenvalue weighted by Gasteiger charge is -2.36. The monoisotopic (exact) mass is 733 g/mol. The van der Waals surface area contributed by atoms with Crippen LogP contribution < -0.4 is 31.5 Å². The molecule has 1 unspecified atom stereocenters. The number of hydrogen-bond donors (Lipinski definition) is 4. The van der Waals surface area contributed by atoms with Crippen LogP contribution in [0.4, 0.5) is 28.6 Å². The fourth-order valence-electron chi connectivity index (χ4n) is 7.48. The minimum absolute atomic E-state index is 0.228. The zero-order valence-corrected chi connectivity index (χ0v) is 30.1. The molecule has 6 heterocycles. The summed E-state index contributed by atoms with van der Waals surface area (Å²) in [6.45, 7) is 5.34. The molecule has 3 amide bonds. The summed E-state index contributed by atoms with van der Waals surface area (Å²) in [5.41, 5.74) is 14.4. The molecule has 2 aromatic carbocycles. The molecule has 15 heteroatoms. The molecule has 3 aromatic heterocycles. The predicted molar refractivity (Wildman–Crippen MR) is 205 cm³/mol. The quantitative estimate of drug-likeness (QED) is 0.154. The second-order valence-corrected chi connectivity index (χ2v) is 14.0. The van der Waals surface area contributed by atoms with Crippen LogP contribution in [0.2, 0.25) is 5.02 Å². The van der Waals surface area contributed by atoms with Gasteiger partial charge in [0.1, 0.15) is 11.7 Å². The van der Waals surface area contributed by atoms with Gasteiger partial charge < -0.3 is 26.2 Å². The number of hydrogen-bond acceptors (Lipinski definition) is 11. The topological polar surface area (TPSA) is 166 Å². The number of imidazole rings is 1. The summed E-state index contributed by atoms with van der Waals surface area (Å²) in [6, 6.07) is 18.0. The SMILES string of the molecule is CNc1cc(N2CCc3c(-c4cc(N5CCN(CCc6ccc(NC7CCC(=O)NC7=O)c(Cl)c6)CC5)ccn4)cccc32)nn2c(C(N)=O)cnc12. The Morgan fingerprint density at radius 1 is 1.00 bits per heavy atom. The zero-order chi connectivity index (χ0) is 36.6. The molecule has 8 rings (SSSR count). The zero-order valence-electron chi connectivity index (χ0n) is 29.3. The Bertz CT molecular complexity index is 2230. The second kappa shape index (κ2) is 14.4. The summed E-state index contributed by atoms with van der Waals surface area (Å²) in [4.78, 5) is 51.9. The number of nitrogens with one attached hydrogen (secondary N) is 3. The van der Waals surface area contributed by atoms with Crippen molar-refractivity contribution >= 4 is 63.5 Å². The number of amides is 3. The minimum atomic E-state index is -0.587. The number of anilines is 5. The van der Waals surface area contributed by atoms with Crippen LogP contribution >= 0.6 is 11.6 Å². The third-order valence-corrected chi connectivity index (χ3v) is 10.7. The Hall–Kier alpha value is -5.73. The number of fused-ring (bicyclic) bond motifs is 2. The number of imide groups is 1. The summed E-state index contributed by atoms with van der Waals surface area (Å²) in [5.74, 6) is -0.448. The molecule has 1 atom stereocenters. The Morgan fingerprint density at radius 2 is 1.85 bits per heavy atom. The van der Waals surface area contributed by atoms with Crippen LogP contribution in [0.1, 0.15) is 34.5 Å². The highest BCUT2D eigenvalue weighted by Crippen LogP contribution is 2.40. The first-order valence-corrected chi connectivity index (χ1v) is 18.2. The molecule has 3 aliphatic rings. The number of carbonyl (C=O) groups excluding carboxylic acids is 3. The summed E-state index contributed by atoms with van der Waals surface area (Å²) in [6.07, 6.45) is 5.79. The number of piperazine rings is 1. The predicted octanol–water partition coefficient (Wildman–Crippen LogP) is 3.86. The number of nitrogens with zero attached hydrogens (tertiary/aromatic N) is 7. The highest BCUT2D eigenvalue weighted by atomic mass is 35.5. The van der Waals surface area contributed by atoms with E-state index >= 15 is 0 Å². The first kappa shape index (κ1) is 34.4. The van der Waals surface area contributed by atoms with E-state index in [1.165, 1.54) is 16.3 Å². The van der Waals surface area contributed by atoms with E-state index in [2.05, 4.69) is 66.0 Å². The van der Waals surface area contributed by atoms with Gasteiger partial charge in [0.15, 0.2) is 11.5 Å². The van der Waals surface area contributed by atoms with Gasteiger partial charge in [-0.05, 0) is 60.7 Å². The van der Waals surface area contributed by atoms with Crippen molar-refractivity contribution in [2.24, 2.45) is 5.73 Å². The molecule has 5 aromatic rings. The van der Waals surface area contributed by atoms with Crippen LogP contribution in [0, 0.1) is 0 Å². The van der Waals surface area contributed by atoms with Gasteiger partial charge in [0, 0.05) is 81.9 Å². The van der Waals surface area contributed by atoms with Gasteiger partial charge in [-0.25, -0.2) is 9.50 Å². The van der Waals surface area contributed by atoms with E-state index in [9.17, 15) is 14.4 Å². The van der Waals surface area contributed by atoms with Crippen molar-refractivity contribution in [2.45, 2.75) is 31.7 Å². The van der Waals surface area contributed by atoms with E-state index in [-0.39, 0.29) is 17.5 Å². The third kappa shape index (κ3) is 6.82. The number of aromatic nitrogens is 4. The van der Waals surface area contributed by atoms with Crippen molar-refractivity contribution < 1.29 is 14.4 Å². The highest BCUT2D eigenvalue weighted by Gasteiger charge is 2.28. The van der Waals surface area contributed by atoms with Gasteiger partial charge in [-0.15, -0.1) is 5.10 Å². The van der Waals surface area contributed by atoms with E-state index in [4.69, 9.17) is 27.4 Å². The maximum absolute atomic E-state index is 12.2. The van der Waals surface area contributed by atoms with Crippen LogP contribution in [0.3, 0.4) is 0 Å². The molecule has 2 saturated heterocycles. The molecule has 14 nitrogen and oxygen atoms in total. The molecular weight excluding hydrogens is 694 g/mol. The average molecular weight is 734 g/mol. The number of nitrogens with two attached hydrogens (primary N) is 1. The van der Waals surface area contributed by atoms with Crippen LogP contribution in [0.15, 0.2) is 67.0 Å². The standard InChI is InChI=1S/C38H40ClN11O3/c1-41-31-21-34(46-50-33(36(40)52)22-43-37(31)50)49-14-11-26-25(3-2-4-32(26)49)30-20-24(9-12-42-30)48-17-15-47(16-18-48)13-10-23-5-6-28(27(39)19-23)44-29-7-8-35(51)45-38(29)53/h2-6,9,12,19-22,29,41,44H,7-8,10-11,13-18H2,1H3,(H2,40,52)(H,45,51,53). The average Bonchev–Trinajstić information content (AvgIpc) is 3.81. The van der Waals surface area contributed by atoms with Crippen molar-refractivity contribution in [3.63, 3.8) is 0 Å². The number of pyridine rings is 1. The fraction of sp³-hybridized carbons (Fsp3) is 0.316. The molecule has 53 heavy (non-hydrogen) atoms. The molecule has 0 saturated carbocycles. The molecule has 272 valence electrons. The Morgan fingerprint density at radius 3 is 2.62 bits per heavy atom. The molecule has 0 aliphatic carbocycles. The number of piperidine rings is 1. The first-order valence-electron chi connectivity index (χ1n) is 17.8. The summed E-state index contributed by atoms with van der Waals surface area (Å²) in [5, 5.41) is 14.1. The van der Waals surface area contributed by atoms with Crippen LogP contribution in [-0.4, -0.2) is 94.6 Å². The smallest absolute Gasteiger partial charge is 0.269 e. The Labute approximate surface area is 311 Å². The van der Waals surface area contributed by atoms with E-state index in [0.29, 0.717) is 35.0 Å². The lowest BCUT2D eigenvalue weighted by atomic mass is 10.0. The molecule has 0 bridgehead atoms. The maximum Gasteiger partial charge on any atom is 0.269 e. The van der Waals surface area contributed by atoms with Gasteiger partial charge in [-0.1, -0.05) is 29.8 Å². The number of carbonyl (C=O) groups is 3. The first-order chi connectivity index (χ1) is 25.7. The number of benzene rings is 2. The third-order valence-electron chi connectivity index (χ3n) is 10.4. The van der Waals surface area contributed by atoms with E-state index in [1.54, 1.807) is 0 Å². The summed E-state index contributed by atoms with van der Waals surface area (Å²) in [7, 11) is 1.82. The van der Waals surface area contributed by atoms with Crippen LogP contribution in [0.25, 0.3) is 16.9 Å². The molecule has 0 spiro atoms. The van der Waals surface area contributed by atoms with Crippen molar-refractivity contribution in [2.75, 3.05) is 66.7 Å². The highest BCUT2D eigenvalue weighted by molar-refractivity contribution is 6.33. The normalized spacial score (nSPS) is 17.6. The minimum Gasteiger partial charge on any atom is -0.385 e. The van der Waals surface area contributed by atoms with E-state index in [1.807, 2.05) is 37.5 Å². The van der Waals surface area contributed by atoms with Crippen molar-refractivity contribution in [1.82, 2.24) is 29.8 Å². The molecule has 3 aliphatic heterocycles. The van der Waals surface area contributed by atoms with Crippen LogP contribution in [-0.2, 0) is 22.4 Å². The number of rotatable bonds is 10.